The summed E-state index contributed by atoms with van der Waals surface area (Å²) in [7, 11) is 0.373. The molecule has 1 atom stereocenters. The highest BCUT2D eigenvalue weighted by atomic mass is 32.2. The van der Waals surface area contributed by atoms with Crippen LogP contribution in [0, 0.1) is 6.92 Å². The third-order valence-electron chi connectivity index (χ3n) is 2.20. The molecule has 0 aliphatic carbocycles. The second-order valence-corrected chi connectivity index (χ2v) is 6.78. The topological polar surface area (TPSA) is 38.7 Å². The second kappa shape index (κ2) is 5.45. The zero-order valence-corrected chi connectivity index (χ0v) is 11.8. The van der Waals surface area contributed by atoms with E-state index in [0.29, 0.717) is 0 Å². The van der Waals surface area contributed by atoms with Crippen LogP contribution in [0.5, 0.6) is 5.75 Å². The zero-order chi connectivity index (χ0) is 13.1. The second-order valence-electron chi connectivity index (χ2n) is 4.84. The maximum atomic E-state index is 11.8. The molecule has 0 aliphatic heterocycles. The SMILES string of the molecule is COc1ccc(C)cc1C=N[S@@](=O)C(C)(C)C. The van der Waals surface area contributed by atoms with Crippen molar-refractivity contribution in [2.24, 2.45) is 4.40 Å². The Hall–Kier alpha value is -1.16. The Kier molecular flexibility index (Phi) is 4.46. The van der Waals surface area contributed by atoms with Crippen molar-refractivity contribution in [1.29, 1.82) is 0 Å². The van der Waals surface area contributed by atoms with Crippen molar-refractivity contribution < 1.29 is 8.95 Å². The summed E-state index contributed by atoms with van der Waals surface area (Å²) in [6, 6.07) is 5.82. The van der Waals surface area contributed by atoms with Crippen molar-refractivity contribution >= 4 is 17.2 Å². The first-order valence-corrected chi connectivity index (χ1v) is 6.56. The minimum absolute atomic E-state index is 0.340. The number of nitrogens with zero attached hydrogens (tertiary/aromatic N) is 1. The van der Waals surface area contributed by atoms with Crippen molar-refractivity contribution in [3.8, 4) is 5.75 Å². The van der Waals surface area contributed by atoms with E-state index in [1.165, 1.54) is 0 Å². The minimum atomic E-state index is -1.24. The predicted molar refractivity (Wildman–Crippen MR) is 73.2 cm³/mol. The van der Waals surface area contributed by atoms with Crippen LogP contribution in [0.1, 0.15) is 31.9 Å². The van der Waals surface area contributed by atoms with E-state index < -0.39 is 11.0 Å². The smallest absolute Gasteiger partial charge is 0.144 e. The molecule has 0 fully saturated rings. The Balaban J connectivity index is 2.98. The zero-order valence-electron chi connectivity index (χ0n) is 11.0. The summed E-state index contributed by atoms with van der Waals surface area (Å²) < 4.78 is 20.8. The van der Waals surface area contributed by atoms with Crippen LogP contribution in [-0.2, 0) is 11.0 Å². The molecule has 0 heterocycles. The summed E-state index contributed by atoms with van der Waals surface area (Å²) in [6.07, 6.45) is 1.62. The summed E-state index contributed by atoms with van der Waals surface area (Å²) in [6.45, 7) is 7.69. The number of benzene rings is 1. The van der Waals surface area contributed by atoms with Crippen molar-refractivity contribution in [2.75, 3.05) is 7.11 Å². The molecule has 1 aromatic carbocycles. The van der Waals surface area contributed by atoms with E-state index in [-0.39, 0.29) is 4.75 Å². The molecule has 0 N–H and O–H groups in total. The number of hydrogen-bond acceptors (Lipinski definition) is 2. The average molecular weight is 253 g/mol. The molecule has 1 aromatic rings. The van der Waals surface area contributed by atoms with Crippen LogP contribution in [0.25, 0.3) is 0 Å². The van der Waals surface area contributed by atoms with Crippen molar-refractivity contribution in [2.45, 2.75) is 32.4 Å². The summed E-state index contributed by atoms with van der Waals surface area (Å²) in [5.74, 6) is 0.741. The molecule has 0 saturated heterocycles. The van der Waals surface area contributed by atoms with Gasteiger partial charge in [-0.15, -0.1) is 0 Å². The Morgan fingerprint density at radius 1 is 1.35 bits per heavy atom. The fraction of sp³-hybridized carbons (Fsp3) is 0.462. The first kappa shape index (κ1) is 13.9. The van der Waals surface area contributed by atoms with Gasteiger partial charge in [-0.05, 0) is 39.8 Å². The highest BCUT2D eigenvalue weighted by Crippen LogP contribution is 2.19. The molecule has 0 amide bonds. The van der Waals surface area contributed by atoms with Gasteiger partial charge in [0.05, 0.1) is 11.9 Å². The summed E-state index contributed by atoms with van der Waals surface area (Å²) in [5.41, 5.74) is 1.97. The largest absolute Gasteiger partial charge is 0.496 e. The predicted octanol–water partition coefficient (Wildman–Crippen LogP) is 2.88. The molecule has 0 radical (unpaired) electrons. The van der Waals surface area contributed by atoms with Crippen LogP contribution < -0.4 is 4.74 Å². The molecule has 17 heavy (non-hydrogen) atoms. The molecule has 0 aromatic heterocycles. The van der Waals surface area contributed by atoms with Crippen LogP contribution in [0.2, 0.25) is 0 Å². The fourth-order valence-corrected chi connectivity index (χ4v) is 1.74. The van der Waals surface area contributed by atoms with Gasteiger partial charge in [-0.2, -0.15) is 4.40 Å². The van der Waals surface area contributed by atoms with Gasteiger partial charge >= 0.3 is 0 Å². The van der Waals surface area contributed by atoms with Crippen molar-refractivity contribution in [1.82, 2.24) is 0 Å². The Morgan fingerprint density at radius 2 is 2.00 bits per heavy atom. The first-order valence-electron chi connectivity index (χ1n) is 5.45. The molecule has 0 unspecified atom stereocenters. The van der Waals surface area contributed by atoms with Gasteiger partial charge in [0, 0.05) is 11.8 Å². The van der Waals surface area contributed by atoms with E-state index >= 15 is 0 Å². The van der Waals surface area contributed by atoms with Crippen LogP contribution in [-0.4, -0.2) is 22.3 Å². The molecule has 94 valence electrons. The highest BCUT2D eigenvalue weighted by Gasteiger charge is 2.18. The molecule has 1 rings (SSSR count). The van der Waals surface area contributed by atoms with Gasteiger partial charge < -0.3 is 4.74 Å². The Bertz CT molecular complexity index is 447. The molecule has 3 nitrogen and oxygen atoms in total. The number of hydrogen-bond donors (Lipinski definition) is 0. The van der Waals surface area contributed by atoms with Gasteiger partial charge in [0.2, 0.25) is 0 Å². The van der Waals surface area contributed by atoms with E-state index in [0.717, 1.165) is 16.9 Å². The molecule has 0 aliphatic rings. The maximum absolute atomic E-state index is 11.8. The van der Waals surface area contributed by atoms with Crippen LogP contribution in [0.15, 0.2) is 22.6 Å². The van der Waals surface area contributed by atoms with E-state index in [9.17, 15) is 4.21 Å². The van der Waals surface area contributed by atoms with E-state index in [1.54, 1.807) is 13.3 Å². The van der Waals surface area contributed by atoms with E-state index in [4.69, 9.17) is 4.74 Å². The summed E-state index contributed by atoms with van der Waals surface area (Å²) in [5, 5.41) is 0. The summed E-state index contributed by atoms with van der Waals surface area (Å²) >= 11 is 0. The standard InChI is InChI=1S/C13H19NO2S/c1-10-6-7-12(16-5)11(8-10)9-14-17(15)13(2,3)4/h6-9H,1-5H3/t17-/m0/s1. The fourth-order valence-electron chi connectivity index (χ4n) is 1.22. The van der Waals surface area contributed by atoms with Crippen molar-refractivity contribution in [3.63, 3.8) is 0 Å². The number of methoxy groups -OCH3 is 1. The van der Waals surface area contributed by atoms with Crippen molar-refractivity contribution in [3.05, 3.63) is 29.3 Å². The lowest BCUT2D eigenvalue weighted by Gasteiger charge is -2.13. The normalized spacial score (nSPS) is 13.9. The highest BCUT2D eigenvalue weighted by molar-refractivity contribution is 7.85. The Morgan fingerprint density at radius 3 is 2.53 bits per heavy atom. The van der Waals surface area contributed by atoms with Crippen LogP contribution in [0.3, 0.4) is 0 Å². The van der Waals surface area contributed by atoms with Gasteiger partial charge in [-0.3, -0.25) is 0 Å². The lowest BCUT2D eigenvalue weighted by molar-refractivity contribution is 0.414. The van der Waals surface area contributed by atoms with Gasteiger partial charge in [-0.25, -0.2) is 4.21 Å². The molecule has 0 bridgehead atoms. The first-order chi connectivity index (χ1) is 7.84. The molecule has 0 saturated carbocycles. The number of aryl methyl sites for hydroxylation is 1. The van der Waals surface area contributed by atoms with Crippen LogP contribution >= 0.6 is 0 Å². The van der Waals surface area contributed by atoms with Gasteiger partial charge in [0.1, 0.15) is 16.7 Å². The third kappa shape index (κ3) is 3.97. The van der Waals surface area contributed by atoms with E-state index in [2.05, 4.69) is 4.40 Å². The molecular weight excluding hydrogens is 234 g/mol. The quantitative estimate of drug-likeness (QED) is 0.777. The summed E-state index contributed by atoms with van der Waals surface area (Å²) in [4.78, 5) is 0. The minimum Gasteiger partial charge on any atom is -0.496 e. The monoisotopic (exact) mass is 253 g/mol. The molecule has 0 spiro atoms. The number of rotatable bonds is 3. The lowest BCUT2D eigenvalue weighted by Crippen LogP contribution is -2.19. The average Bonchev–Trinajstić information content (AvgIpc) is 2.24. The lowest BCUT2D eigenvalue weighted by atomic mass is 10.1. The van der Waals surface area contributed by atoms with Gasteiger partial charge in [-0.1, -0.05) is 11.6 Å². The van der Waals surface area contributed by atoms with Crippen LogP contribution in [0.4, 0.5) is 0 Å². The maximum Gasteiger partial charge on any atom is 0.144 e. The molecule has 4 heteroatoms. The van der Waals surface area contributed by atoms with E-state index in [1.807, 2.05) is 45.9 Å². The third-order valence-corrected chi connectivity index (χ3v) is 3.54. The molecular formula is C13H19NO2S. The Labute approximate surface area is 106 Å². The number of ether oxygens (including phenoxy) is 1. The van der Waals surface area contributed by atoms with Gasteiger partial charge in [0.15, 0.2) is 0 Å². The van der Waals surface area contributed by atoms with Gasteiger partial charge in [0.25, 0.3) is 0 Å².